The molecule has 1 aromatic rings. The fourth-order valence-electron chi connectivity index (χ4n) is 0.913. The molecule has 1 atom stereocenters. The number of imidazole rings is 1. The summed E-state index contributed by atoms with van der Waals surface area (Å²) in [6, 6.07) is -1.13. The Morgan fingerprint density at radius 2 is 2.27 bits per heavy atom. The van der Waals surface area contributed by atoms with E-state index < -0.39 is 19.8 Å². The van der Waals surface area contributed by atoms with Gasteiger partial charge in [-0.15, -0.1) is 0 Å². The highest BCUT2D eigenvalue weighted by atomic mass is 31.2. The number of aromatic nitrogens is 2. The summed E-state index contributed by atoms with van der Waals surface area (Å²) in [4.78, 5) is 31.5. The molecule has 0 spiro atoms. The van der Waals surface area contributed by atoms with Gasteiger partial charge in [0.15, 0.2) is 0 Å². The average molecular weight is 235 g/mol. The molecule has 0 aliphatic rings. The summed E-state index contributed by atoms with van der Waals surface area (Å²) in [6.45, 7) is 0. The Morgan fingerprint density at radius 3 is 2.67 bits per heavy atom. The minimum atomic E-state index is -4.40. The zero-order valence-corrected chi connectivity index (χ0v) is 8.41. The molecule has 15 heavy (non-hydrogen) atoms. The standard InChI is InChI=1S/C6H10N3O5P/c7-5(6(10)11)1-4-2-9(3-8-4)15(12,13)14/h2-3,5H,1,7H2,(H,10,11)(H2,12,13,14)/t5-/m0/s1. The molecule has 9 heteroatoms. The monoisotopic (exact) mass is 235 g/mol. The molecule has 0 saturated carbocycles. The van der Waals surface area contributed by atoms with Crippen molar-refractivity contribution in [2.75, 3.05) is 0 Å². The van der Waals surface area contributed by atoms with Crippen LogP contribution < -0.4 is 5.73 Å². The lowest BCUT2D eigenvalue weighted by Crippen LogP contribution is -2.32. The second-order valence-electron chi connectivity index (χ2n) is 2.91. The number of carbonyl (C=O) groups is 1. The minimum absolute atomic E-state index is 0.0810. The number of carboxylic acids is 1. The van der Waals surface area contributed by atoms with E-state index in [0.717, 1.165) is 12.5 Å². The highest BCUT2D eigenvalue weighted by Gasteiger charge is 2.19. The SMILES string of the molecule is N[C@@H](Cc1cn(P(=O)(O)O)cn1)C(=O)O. The van der Waals surface area contributed by atoms with Crippen LogP contribution in [0.2, 0.25) is 0 Å². The van der Waals surface area contributed by atoms with Gasteiger partial charge >= 0.3 is 13.7 Å². The molecule has 0 saturated heterocycles. The second kappa shape index (κ2) is 4.11. The third-order valence-electron chi connectivity index (χ3n) is 1.67. The highest BCUT2D eigenvalue weighted by molar-refractivity contribution is 7.50. The maximum Gasteiger partial charge on any atom is 0.434 e. The molecule has 1 heterocycles. The summed E-state index contributed by atoms with van der Waals surface area (Å²) in [7, 11) is -4.40. The molecule has 0 bridgehead atoms. The van der Waals surface area contributed by atoms with Crippen LogP contribution in [-0.4, -0.2) is 36.2 Å². The average Bonchev–Trinajstić information content (AvgIpc) is 2.51. The molecule has 0 amide bonds. The van der Waals surface area contributed by atoms with Gasteiger partial charge in [-0.1, -0.05) is 0 Å². The van der Waals surface area contributed by atoms with Crippen LogP contribution in [0.3, 0.4) is 0 Å². The summed E-state index contributed by atoms with van der Waals surface area (Å²) in [5, 5.41) is 8.50. The predicted octanol–water partition coefficient (Wildman–Crippen LogP) is -1.22. The Balaban J connectivity index is 2.78. The predicted molar refractivity (Wildman–Crippen MR) is 49.0 cm³/mol. The Kier molecular flexibility index (Phi) is 3.25. The largest absolute Gasteiger partial charge is 0.480 e. The molecule has 0 radical (unpaired) electrons. The first kappa shape index (κ1) is 11.9. The van der Waals surface area contributed by atoms with Crippen molar-refractivity contribution in [3.63, 3.8) is 0 Å². The molecule has 0 aliphatic heterocycles. The quantitative estimate of drug-likeness (QED) is 0.479. The van der Waals surface area contributed by atoms with Crippen LogP contribution in [0, 0.1) is 0 Å². The molecule has 8 nitrogen and oxygen atoms in total. The molecule has 0 unspecified atom stereocenters. The lowest BCUT2D eigenvalue weighted by Gasteiger charge is -2.03. The number of carboxylic acid groups (broad SMARTS) is 1. The molecule has 1 rings (SSSR count). The number of aliphatic carboxylic acids is 1. The lowest BCUT2D eigenvalue weighted by atomic mass is 10.2. The van der Waals surface area contributed by atoms with Crippen LogP contribution in [0.25, 0.3) is 0 Å². The molecular formula is C6H10N3O5P. The van der Waals surface area contributed by atoms with E-state index in [1.165, 1.54) is 0 Å². The van der Waals surface area contributed by atoms with Crippen LogP contribution >= 0.6 is 7.75 Å². The van der Waals surface area contributed by atoms with Crippen molar-refractivity contribution >= 4 is 13.7 Å². The van der Waals surface area contributed by atoms with Gasteiger partial charge in [-0.3, -0.25) is 4.79 Å². The minimum Gasteiger partial charge on any atom is -0.480 e. The first-order valence-electron chi connectivity index (χ1n) is 3.88. The topological polar surface area (TPSA) is 139 Å². The molecule has 0 aliphatic carbocycles. The molecule has 84 valence electrons. The van der Waals surface area contributed by atoms with Gasteiger partial charge in [-0.05, 0) is 0 Å². The Bertz CT molecular complexity index is 411. The second-order valence-corrected chi connectivity index (χ2v) is 4.40. The van der Waals surface area contributed by atoms with E-state index in [2.05, 4.69) is 4.98 Å². The zero-order valence-electron chi connectivity index (χ0n) is 7.52. The van der Waals surface area contributed by atoms with Crippen LogP contribution in [0.4, 0.5) is 0 Å². The van der Waals surface area contributed by atoms with Crippen molar-refractivity contribution in [2.45, 2.75) is 12.5 Å². The first-order valence-corrected chi connectivity index (χ1v) is 5.45. The normalized spacial score (nSPS) is 13.8. The number of nitrogens with zero attached hydrogens (tertiary/aromatic N) is 2. The molecule has 0 fully saturated rings. The fourth-order valence-corrected chi connectivity index (χ4v) is 1.38. The maximum atomic E-state index is 10.7. The van der Waals surface area contributed by atoms with Gasteiger partial charge in [0, 0.05) is 12.6 Å². The van der Waals surface area contributed by atoms with Gasteiger partial charge in [0.05, 0.1) is 5.69 Å². The summed E-state index contributed by atoms with van der Waals surface area (Å²) in [6.07, 6.45) is 1.93. The number of nitrogens with two attached hydrogens (primary N) is 1. The summed E-state index contributed by atoms with van der Waals surface area (Å²) in [5.41, 5.74) is 5.44. The fraction of sp³-hybridized carbons (Fsp3) is 0.333. The molecule has 0 aromatic carbocycles. The van der Waals surface area contributed by atoms with Gasteiger partial charge < -0.3 is 20.6 Å². The van der Waals surface area contributed by atoms with Crippen LogP contribution in [0.5, 0.6) is 0 Å². The molecule has 5 N–H and O–H groups in total. The van der Waals surface area contributed by atoms with Crippen LogP contribution in [0.15, 0.2) is 12.5 Å². The van der Waals surface area contributed by atoms with E-state index in [0.29, 0.717) is 4.34 Å². The highest BCUT2D eigenvalue weighted by Crippen LogP contribution is 2.36. The maximum absolute atomic E-state index is 10.7. The third kappa shape index (κ3) is 3.14. The van der Waals surface area contributed by atoms with E-state index in [1.54, 1.807) is 0 Å². The number of rotatable bonds is 4. The van der Waals surface area contributed by atoms with E-state index >= 15 is 0 Å². The smallest absolute Gasteiger partial charge is 0.434 e. The molecular weight excluding hydrogens is 225 g/mol. The van der Waals surface area contributed by atoms with Crippen molar-refractivity contribution < 1.29 is 24.3 Å². The summed E-state index contributed by atoms with van der Waals surface area (Å²) < 4.78 is 11.3. The van der Waals surface area contributed by atoms with Crippen LogP contribution in [-0.2, 0) is 15.8 Å². The zero-order chi connectivity index (χ0) is 11.6. The Hall–Kier alpha value is -1.21. The van der Waals surface area contributed by atoms with Crippen LogP contribution in [0.1, 0.15) is 5.69 Å². The van der Waals surface area contributed by atoms with Crippen molar-refractivity contribution in [2.24, 2.45) is 5.73 Å². The summed E-state index contributed by atoms with van der Waals surface area (Å²) in [5.74, 6) is -1.19. The van der Waals surface area contributed by atoms with Gasteiger partial charge in [-0.25, -0.2) is 13.9 Å². The van der Waals surface area contributed by atoms with Gasteiger partial charge in [0.25, 0.3) is 0 Å². The molecule has 1 aromatic heterocycles. The van der Waals surface area contributed by atoms with E-state index in [1.807, 2.05) is 0 Å². The number of hydrogen-bond acceptors (Lipinski definition) is 4. The Morgan fingerprint density at radius 1 is 1.67 bits per heavy atom. The third-order valence-corrected chi connectivity index (χ3v) is 2.49. The van der Waals surface area contributed by atoms with E-state index in [-0.39, 0.29) is 12.1 Å². The van der Waals surface area contributed by atoms with Crippen molar-refractivity contribution in [3.8, 4) is 0 Å². The lowest BCUT2D eigenvalue weighted by molar-refractivity contribution is -0.138. The first-order chi connectivity index (χ1) is 6.80. The van der Waals surface area contributed by atoms with Gasteiger partial charge in [-0.2, -0.15) is 0 Å². The summed E-state index contributed by atoms with van der Waals surface area (Å²) >= 11 is 0. The van der Waals surface area contributed by atoms with E-state index in [9.17, 15) is 9.36 Å². The van der Waals surface area contributed by atoms with Gasteiger partial charge in [0.2, 0.25) is 0 Å². The van der Waals surface area contributed by atoms with Gasteiger partial charge in [0.1, 0.15) is 12.4 Å². The van der Waals surface area contributed by atoms with Crippen molar-refractivity contribution in [1.82, 2.24) is 9.32 Å². The Labute approximate surface area is 84.6 Å². The number of hydrogen-bond donors (Lipinski definition) is 4. The van der Waals surface area contributed by atoms with E-state index in [4.69, 9.17) is 20.6 Å². The van der Waals surface area contributed by atoms with Crippen molar-refractivity contribution in [3.05, 3.63) is 18.2 Å². The van der Waals surface area contributed by atoms with Crippen molar-refractivity contribution in [1.29, 1.82) is 0 Å².